The summed E-state index contributed by atoms with van der Waals surface area (Å²) in [5.74, 6) is 0.207. The minimum atomic E-state index is -0.169. The Labute approximate surface area is 144 Å². The van der Waals surface area contributed by atoms with Gasteiger partial charge in [-0.3, -0.25) is 9.69 Å². The van der Waals surface area contributed by atoms with Crippen molar-refractivity contribution in [2.24, 2.45) is 0 Å². The van der Waals surface area contributed by atoms with Crippen LogP contribution in [0.25, 0.3) is 0 Å². The Bertz CT molecular complexity index is 529. The Morgan fingerprint density at radius 1 is 1.17 bits per heavy atom. The van der Waals surface area contributed by atoms with E-state index in [0.717, 1.165) is 57.5 Å². The number of anilines is 1. The van der Waals surface area contributed by atoms with E-state index >= 15 is 0 Å². The second kappa shape index (κ2) is 7.99. The van der Waals surface area contributed by atoms with Crippen LogP contribution in [0.5, 0.6) is 0 Å². The summed E-state index contributed by atoms with van der Waals surface area (Å²) >= 11 is 0. The Morgan fingerprint density at radius 2 is 1.88 bits per heavy atom. The summed E-state index contributed by atoms with van der Waals surface area (Å²) in [4.78, 5) is 19.0. The van der Waals surface area contributed by atoms with Crippen molar-refractivity contribution < 1.29 is 9.90 Å². The van der Waals surface area contributed by atoms with Crippen LogP contribution in [0.15, 0.2) is 30.3 Å². The Kier molecular flexibility index (Phi) is 5.74. The number of amides is 1. The van der Waals surface area contributed by atoms with Crippen molar-refractivity contribution >= 4 is 11.6 Å². The quantitative estimate of drug-likeness (QED) is 0.910. The lowest BCUT2D eigenvalue weighted by molar-refractivity contribution is -0.131. The SMILES string of the molecule is CN(CC(=O)N1CCC(N2CCCC(O)C2)CC1)c1ccccc1. The van der Waals surface area contributed by atoms with Crippen molar-refractivity contribution in [3.05, 3.63) is 30.3 Å². The fourth-order valence-corrected chi connectivity index (χ4v) is 3.87. The summed E-state index contributed by atoms with van der Waals surface area (Å²) in [6.45, 7) is 3.98. The Hall–Kier alpha value is -1.59. The molecule has 3 rings (SSSR count). The van der Waals surface area contributed by atoms with Crippen molar-refractivity contribution in [3.63, 3.8) is 0 Å². The first kappa shape index (κ1) is 17.2. The lowest BCUT2D eigenvalue weighted by atomic mass is 9.99. The summed E-state index contributed by atoms with van der Waals surface area (Å²) < 4.78 is 0. The fraction of sp³-hybridized carbons (Fsp3) is 0.632. The lowest BCUT2D eigenvalue weighted by Gasteiger charge is -2.41. The molecule has 1 amide bonds. The van der Waals surface area contributed by atoms with Gasteiger partial charge < -0.3 is 14.9 Å². The first-order chi connectivity index (χ1) is 11.6. The topological polar surface area (TPSA) is 47.0 Å². The van der Waals surface area contributed by atoms with Crippen LogP contribution in [0.1, 0.15) is 25.7 Å². The van der Waals surface area contributed by atoms with Gasteiger partial charge in [-0.15, -0.1) is 0 Å². The van der Waals surface area contributed by atoms with Gasteiger partial charge >= 0.3 is 0 Å². The summed E-state index contributed by atoms with van der Waals surface area (Å²) in [7, 11) is 1.97. The van der Waals surface area contributed by atoms with Gasteiger partial charge in [0.25, 0.3) is 0 Å². The van der Waals surface area contributed by atoms with Crippen molar-refractivity contribution in [1.82, 2.24) is 9.80 Å². The zero-order chi connectivity index (χ0) is 16.9. The maximum absolute atomic E-state index is 12.5. The highest BCUT2D eigenvalue weighted by atomic mass is 16.3. The van der Waals surface area contributed by atoms with Crippen LogP contribution < -0.4 is 4.90 Å². The largest absolute Gasteiger partial charge is 0.392 e. The molecule has 0 radical (unpaired) electrons. The van der Waals surface area contributed by atoms with Crippen molar-refractivity contribution in [2.45, 2.75) is 37.8 Å². The van der Waals surface area contributed by atoms with E-state index < -0.39 is 0 Å². The van der Waals surface area contributed by atoms with E-state index in [-0.39, 0.29) is 12.0 Å². The van der Waals surface area contributed by atoms with E-state index in [0.29, 0.717) is 12.6 Å². The molecule has 1 unspecified atom stereocenters. The minimum Gasteiger partial charge on any atom is -0.392 e. The molecule has 5 heteroatoms. The molecule has 2 saturated heterocycles. The number of likely N-dealkylation sites (tertiary alicyclic amines) is 2. The molecule has 0 aromatic heterocycles. The normalized spacial score (nSPS) is 23.2. The fourth-order valence-electron chi connectivity index (χ4n) is 3.87. The van der Waals surface area contributed by atoms with Gasteiger partial charge in [0.2, 0.25) is 5.91 Å². The highest BCUT2D eigenvalue weighted by molar-refractivity contribution is 5.81. The maximum Gasteiger partial charge on any atom is 0.242 e. The van der Waals surface area contributed by atoms with Crippen molar-refractivity contribution in [2.75, 3.05) is 44.7 Å². The zero-order valence-electron chi connectivity index (χ0n) is 14.6. The summed E-state index contributed by atoms with van der Waals surface area (Å²) in [5, 5.41) is 9.85. The van der Waals surface area contributed by atoms with Crippen LogP contribution in [0.2, 0.25) is 0 Å². The molecule has 132 valence electrons. The number of piperidine rings is 2. The molecule has 1 N–H and O–H groups in total. The molecule has 1 aromatic carbocycles. The van der Waals surface area contributed by atoms with E-state index in [1.807, 2.05) is 47.2 Å². The first-order valence-corrected chi connectivity index (χ1v) is 9.09. The third-order valence-corrected chi connectivity index (χ3v) is 5.33. The standard InChI is InChI=1S/C19H29N3O2/c1-20(16-6-3-2-4-7-16)15-19(24)21-12-9-17(10-13-21)22-11-5-8-18(23)14-22/h2-4,6-7,17-18,23H,5,8-15H2,1H3. The molecule has 1 atom stereocenters. The van der Waals surface area contributed by atoms with E-state index in [1.54, 1.807) is 0 Å². The average Bonchev–Trinajstić information content (AvgIpc) is 2.62. The Balaban J connectivity index is 1.46. The summed E-state index contributed by atoms with van der Waals surface area (Å²) in [6.07, 6.45) is 3.89. The number of benzene rings is 1. The third kappa shape index (κ3) is 4.28. The van der Waals surface area contributed by atoms with E-state index in [2.05, 4.69) is 4.90 Å². The van der Waals surface area contributed by atoms with Crippen LogP contribution in [0.4, 0.5) is 5.69 Å². The van der Waals surface area contributed by atoms with Gasteiger partial charge in [0, 0.05) is 38.4 Å². The van der Waals surface area contributed by atoms with Crippen LogP contribution in [-0.2, 0) is 4.79 Å². The number of aliphatic hydroxyl groups excluding tert-OH is 1. The number of β-amino-alcohol motifs (C(OH)–C–C–N with tert-alkyl or cyclic N) is 1. The Morgan fingerprint density at radius 3 is 2.54 bits per heavy atom. The van der Waals surface area contributed by atoms with Crippen LogP contribution in [-0.4, -0.2) is 72.7 Å². The molecule has 0 spiro atoms. The molecule has 0 bridgehead atoms. The number of hydrogen-bond donors (Lipinski definition) is 1. The number of nitrogens with zero attached hydrogens (tertiary/aromatic N) is 3. The highest BCUT2D eigenvalue weighted by Gasteiger charge is 2.29. The zero-order valence-corrected chi connectivity index (χ0v) is 14.6. The van der Waals surface area contributed by atoms with Crippen molar-refractivity contribution in [3.8, 4) is 0 Å². The van der Waals surface area contributed by atoms with Gasteiger partial charge in [-0.05, 0) is 44.4 Å². The molecule has 5 nitrogen and oxygen atoms in total. The predicted molar refractivity (Wildman–Crippen MR) is 96.1 cm³/mol. The second-order valence-electron chi connectivity index (χ2n) is 7.09. The van der Waals surface area contributed by atoms with Gasteiger partial charge in [-0.1, -0.05) is 18.2 Å². The lowest BCUT2D eigenvalue weighted by Crippen LogP contribution is -2.51. The van der Waals surface area contributed by atoms with Gasteiger partial charge in [0.05, 0.1) is 12.6 Å². The number of para-hydroxylation sites is 1. The minimum absolute atomic E-state index is 0.169. The predicted octanol–water partition coefficient (Wildman–Crippen LogP) is 1.57. The van der Waals surface area contributed by atoms with E-state index in [4.69, 9.17) is 0 Å². The molecule has 2 heterocycles. The van der Waals surface area contributed by atoms with Gasteiger partial charge in [-0.2, -0.15) is 0 Å². The third-order valence-electron chi connectivity index (χ3n) is 5.33. The second-order valence-corrected chi connectivity index (χ2v) is 7.09. The average molecular weight is 331 g/mol. The molecule has 0 aliphatic carbocycles. The molecule has 2 aliphatic heterocycles. The summed E-state index contributed by atoms with van der Waals surface area (Å²) in [5.41, 5.74) is 1.07. The molecular formula is C19H29N3O2. The molecule has 1 aromatic rings. The first-order valence-electron chi connectivity index (χ1n) is 9.09. The number of carbonyl (C=O) groups excluding carboxylic acids is 1. The number of rotatable bonds is 4. The smallest absolute Gasteiger partial charge is 0.242 e. The highest BCUT2D eigenvalue weighted by Crippen LogP contribution is 2.21. The number of hydrogen-bond acceptors (Lipinski definition) is 4. The maximum atomic E-state index is 12.5. The van der Waals surface area contributed by atoms with Gasteiger partial charge in [-0.25, -0.2) is 0 Å². The molecule has 0 saturated carbocycles. The summed E-state index contributed by atoms with van der Waals surface area (Å²) in [6, 6.07) is 10.6. The van der Waals surface area contributed by atoms with Crippen LogP contribution >= 0.6 is 0 Å². The molecular weight excluding hydrogens is 302 g/mol. The molecule has 2 aliphatic rings. The number of carbonyl (C=O) groups is 1. The monoisotopic (exact) mass is 331 g/mol. The van der Waals surface area contributed by atoms with Crippen LogP contribution in [0, 0.1) is 0 Å². The van der Waals surface area contributed by atoms with Crippen molar-refractivity contribution in [1.29, 1.82) is 0 Å². The van der Waals surface area contributed by atoms with Gasteiger partial charge in [0.15, 0.2) is 0 Å². The van der Waals surface area contributed by atoms with Gasteiger partial charge in [0.1, 0.15) is 0 Å². The van der Waals surface area contributed by atoms with Crippen LogP contribution in [0.3, 0.4) is 0 Å². The van der Waals surface area contributed by atoms with E-state index in [9.17, 15) is 9.90 Å². The number of likely N-dealkylation sites (N-methyl/N-ethyl adjacent to an activating group) is 1. The number of aliphatic hydroxyl groups is 1. The van der Waals surface area contributed by atoms with E-state index in [1.165, 1.54) is 0 Å². The molecule has 2 fully saturated rings. The molecule has 24 heavy (non-hydrogen) atoms.